The smallest absolute Gasteiger partial charge is 0.287 e. The van der Waals surface area contributed by atoms with E-state index in [9.17, 15) is 4.79 Å². The lowest BCUT2D eigenvalue weighted by atomic mass is 9.99. The Hall–Kier alpha value is -1.78. The van der Waals surface area contributed by atoms with Gasteiger partial charge < -0.3 is 9.73 Å². The first-order valence-corrected chi connectivity index (χ1v) is 7.85. The molecule has 1 aromatic heterocycles. The second-order valence-electron chi connectivity index (χ2n) is 5.65. The fourth-order valence-electron chi connectivity index (χ4n) is 2.79. The highest BCUT2D eigenvalue weighted by Crippen LogP contribution is 2.20. The molecule has 1 aromatic carbocycles. The maximum Gasteiger partial charge on any atom is 0.287 e. The minimum Gasteiger partial charge on any atom is -0.440 e. The van der Waals surface area contributed by atoms with Crippen LogP contribution in [-0.2, 0) is 13.0 Å². The third-order valence-corrected chi connectivity index (χ3v) is 4.34. The zero-order valence-corrected chi connectivity index (χ0v) is 13.3. The average molecular weight is 319 g/mol. The van der Waals surface area contributed by atoms with Crippen molar-refractivity contribution in [1.82, 2.24) is 10.2 Å². The molecule has 1 unspecified atom stereocenters. The Balaban J connectivity index is 1.55. The zero-order valence-electron chi connectivity index (χ0n) is 12.5. The summed E-state index contributed by atoms with van der Waals surface area (Å²) in [5.74, 6) is 0.0253. The molecule has 2 heterocycles. The fraction of sp³-hybridized carbons (Fsp3) is 0.353. The molecule has 0 radical (unpaired) electrons. The minimum absolute atomic E-state index is 0.226. The van der Waals surface area contributed by atoms with Crippen LogP contribution in [0.15, 0.2) is 40.8 Å². The summed E-state index contributed by atoms with van der Waals surface area (Å²) in [5, 5.41) is 3.13. The topological polar surface area (TPSA) is 45.5 Å². The number of nitrogens with one attached hydrogen (secondary N) is 1. The van der Waals surface area contributed by atoms with Crippen LogP contribution in [0.1, 0.15) is 28.6 Å². The van der Waals surface area contributed by atoms with Gasteiger partial charge in [-0.25, -0.2) is 0 Å². The predicted octanol–water partition coefficient (Wildman–Crippen LogP) is 3.11. The lowest BCUT2D eigenvalue weighted by Crippen LogP contribution is -2.44. The lowest BCUT2D eigenvalue weighted by Gasteiger charge is -2.33. The maximum atomic E-state index is 12.0. The Morgan fingerprint density at radius 3 is 2.82 bits per heavy atom. The van der Waals surface area contributed by atoms with Gasteiger partial charge in [0.1, 0.15) is 0 Å². The largest absolute Gasteiger partial charge is 0.440 e. The Morgan fingerprint density at radius 1 is 1.32 bits per heavy atom. The maximum absolute atomic E-state index is 12.0. The van der Waals surface area contributed by atoms with E-state index in [0.29, 0.717) is 6.54 Å². The summed E-state index contributed by atoms with van der Waals surface area (Å²) in [6.07, 6.45) is 1.06. The number of fused-ring (bicyclic) bond motifs is 1. The second kappa shape index (κ2) is 6.55. The van der Waals surface area contributed by atoms with E-state index >= 15 is 0 Å². The van der Waals surface area contributed by atoms with E-state index in [2.05, 4.69) is 41.4 Å². The van der Waals surface area contributed by atoms with Crippen molar-refractivity contribution >= 4 is 17.5 Å². The van der Waals surface area contributed by atoms with Crippen molar-refractivity contribution in [2.24, 2.45) is 0 Å². The Labute approximate surface area is 135 Å². The third-order valence-electron chi connectivity index (χ3n) is 4.14. The molecule has 2 aromatic rings. The average Bonchev–Trinajstić information content (AvgIpc) is 2.98. The van der Waals surface area contributed by atoms with Crippen molar-refractivity contribution in [3.63, 3.8) is 0 Å². The molecular formula is C17H19ClN2O2. The summed E-state index contributed by atoms with van der Waals surface area (Å²) in [6, 6.07) is 12.0. The Bertz CT molecular complexity index is 668. The van der Waals surface area contributed by atoms with Gasteiger partial charge >= 0.3 is 0 Å². The summed E-state index contributed by atoms with van der Waals surface area (Å²) >= 11 is 5.68. The van der Waals surface area contributed by atoms with E-state index in [1.54, 1.807) is 12.1 Å². The number of benzene rings is 1. The van der Waals surface area contributed by atoms with Crippen molar-refractivity contribution in [2.45, 2.75) is 25.9 Å². The van der Waals surface area contributed by atoms with Gasteiger partial charge in [0, 0.05) is 25.7 Å². The van der Waals surface area contributed by atoms with Gasteiger partial charge in [-0.2, -0.15) is 0 Å². The van der Waals surface area contributed by atoms with Crippen LogP contribution < -0.4 is 5.32 Å². The normalized spacial score (nSPS) is 16.1. The van der Waals surface area contributed by atoms with Crippen LogP contribution in [0, 0.1) is 0 Å². The molecule has 3 rings (SSSR count). The molecule has 116 valence electrons. The van der Waals surface area contributed by atoms with Crippen molar-refractivity contribution in [3.8, 4) is 0 Å². The van der Waals surface area contributed by atoms with Crippen LogP contribution in [0.3, 0.4) is 0 Å². The summed E-state index contributed by atoms with van der Waals surface area (Å²) in [5.41, 5.74) is 2.81. The van der Waals surface area contributed by atoms with Gasteiger partial charge in [0.25, 0.3) is 5.91 Å². The van der Waals surface area contributed by atoms with E-state index in [1.165, 1.54) is 11.1 Å². The van der Waals surface area contributed by atoms with E-state index in [0.717, 1.165) is 19.5 Å². The first kappa shape index (κ1) is 15.1. The molecule has 1 N–H and O–H groups in total. The zero-order chi connectivity index (χ0) is 15.5. The molecule has 0 aliphatic carbocycles. The summed E-state index contributed by atoms with van der Waals surface area (Å²) in [6.45, 7) is 4.66. The first-order valence-electron chi connectivity index (χ1n) is 7.48. The summed E-state index contributed by atoms with van der Waals surface area (Å²) in [7, 11) is 0. The van der Waals surface area contributed by atoms with Crippen LogP contribution in [0.5, 0.6) is 0 Å². The van der Waals surface area contributed by atoms with Crippen LogP contribution in [0.2, 0.25) is 5.22 Å². The minimum atomic E-state index is -0.226. The van der Waals surface area contributed by atoms with Crippen LogP contribution in [0.25, 0.3) is 0 Å². The molecule has 22 heavy (non-hydrogen) atoms. The van der Waals surface area contributed by atoms with Gasteiger partial charge in [-0.05, 0) is 48.2 Å². The third kappa shape index (κ3) is 3.34. The van der Waals surface area contributed by atoms with E-state index in [1.807, 2.05) is 0 Å². The Morgan fingerprint density at radius 2 is 2.09 bits per heavy atom. The highest BCUT2D eigenvalue weighted by atomic mass is 35.5. The molecule has 1 atom stereocenters. The van der Waals surface area contributed by atoms with E-state index in [4.69, 9.17) is 16.0 Å². The van der Waals surface area contributed by atoms with Gasteiger partial charge in [0.2, 0.25) is 0 Å². The molecule has 1 aliphatic rings. The highest BCUT2D eigenvalue weighted by Gasteiger charge is 2.21. The van der Waals surface area contributed by atoms with E-state index in [-0.39, 0.29) is 22.9 Å². The summed E-state index contributed by atoms with van der Waals surface area (Å²) < 4.78 is 5.11. The van der Waals surface area contributed by atoms with E-state index < -0.39 is 0 Å². The SMILES string of the molecule is CC(CNC(=O)c1ccc(Cl)o1)N1CCc2ccccc2C1. The molecule has 0 fully saturated rings. The quantitative estimate of drug-likeness (QED) is 0.942. The number of carbonyl (C=O) groups excluding carboxylic acids is 1. The highest BCUT2D eigenvalue weighted by molar-refractivity contribution is 6.29. The lowest BCUT2D eigenvalue weighted by molar-refractivity contribution is 0.0905. The van der Waals surface area contributed by atoms with Crippen LogP contribution >= 0.6 is 11.6 Å². The van der Waals surface area contributed by atoms with Crippen molar-refractivity contribution in [1.29, 1.82) is 0 Å². The molecular weight excluding hydrogens is 300 g/mol. The summed E-state index contributed by atoms with van der Waals surface area (Å²) in [4.78, 5) is 14.3. The molecule has 4 nitrogen and oxygen atoms in total. The van der Waals surface area contributed by atoms with Crippen molar-refractivity contribution in [2.75, 3.05) is 13.1 Å². The van der Waals surface area contributed by atoms with Crippen molar-refractivity contribution < 1.29 is 9.21 Å². The molecule has 0 saturated heterocycles. The van der Waals surface area contributed by atoms with Crippen LogP contribution in [0.4, 0.5) is 0 Å². The van der Waals surface area contributed by atoms with Gasteiger partial charge in [-0.15, -0.1) is 0 Å². The van der Waals surface area contributed by atoms with Gasteiger partial charge in [0.05, 0.1) is 0 Å². The number of carbonyl (C=O) groups is 1. The molecule has 1 aliphatic heterocycles. The number of amides is 1. The van der Waals surface area contributed by atoms with Crippen molar-refractivity contribution in [3.05, 3.63) is 58.5 Å². The second-order valence-corrected chi connectivity index (χ2v) is 6.02. The Kier molecular flexibility index (Phi) is 4.50. The van der Waals surface area contributed by atoms with Gasteiger partial charge in [-0.1, -0.05) is 24.3 Å². The predicted molar refractivity (Wildman–Crippen MR) is 86.1 cm³/mol. The monoisotopic (exact) mass is 318 g/mol. The number of hydrogen-bond acceptors (Lipinski definition) is 3. The number of halogens is 1. The van der Waals surface area contributed by atoms with Gasteiger partial charge in [-0.3, -0.25) is 9.69 Å². The van der Waals surface area contributed by atoms with Gasteiger partial charge in [0.15, 0.2) is 11.0 Å². The number of rotatable bonds is 4. The molecule has 1 amide bonds. The number of nitrogens with zero attached hydrogens (tertiary/aromatic N) is 1. The number of hydrogen-bond donors (Lipinski definition) is 1. The molecule has 0 spiro atoms. The molecule has 0 bridgehead atoms. The first-order chi connectivity index (χ1) is 10.6. The standard InChI is InChI=1S/C17H19ClN2O2/c1-12(10-19-17(21)15-6-7-16(18)22-15)20-9-8-13-4-2-3-5-14(13)11-20/h2-7,12H,8-11H2,1H3,(H,19,21). The van der Waals surface area contributed by atoms with Crippen LogP contribution in [-0.4, -0.2) is 29.9 Å². The number of furan rings is 1. The molecule has 0 saturated carbocycles. The molecule has 5 heteroatoms. The fourth-order valence-corrected chi connectivity index (χ4v) is 2.93.